The number of rotatable bonds is 4. The lowest BCUT2D eigenvalue weighted by atomic mass is 9.95. The van der Waals surface area contributed by atoms with E-state index in [9.17, 15) is 19.2 Å². The molecule has 2 aliphatic rings. The summed E-state index contributed by atoms with van der Waals surface area (Å²) < 4.78 is 4.98. The molecule has 9 heteroatoms. The molecule has 3 heterocycles. The first-order chi connectivity index (χ1) is 17.0. The van der Waals surface area contributed by atoms with E-state index in [0.29, 0.717) is 54.1 Å². The molecule has 9 nitrogen and oxygen atoms in total. The molecule has 0 spiro atoms. The van der Waals surface area contributed by atoms with Crippen LogP contribution < -0.4 is 15.5 Å². The van der Waals surface area contributed by atoms with Gasteiger partial charge < -0.3 is 20.0 Å². The topological polar surface area (TPSA) is 112 Å². The van der Waals surface area contributed by atoms with Crippen molar-refractivity contribution in [3.05, 3.63) is 78.3 Å². The zero-order valence-corrected chi connectivity index (χ0v) is 18.9. The molecule has 1 fully saturated rings. The van der Waals surface area contributed by atoms with Crippen LogP contribution in [0.25, 0.3) is 0 Å². The van der Waals surface area contributed by atoms with Crippen LogP contribution in [0.4, 0.5) is 17.1 Å². The number of carbonyl (C=O) groups excluding carboxylic acids is 4. The summed E-state index contributed by atoms with van der Waals surface area (Å²) in [4.78, 5) is 53.5. The van der Waals surface area contributed by atoms with Gasteiger partial charge >= 0.3 is 0 Å². The van der Waals surface area contributed by atoms with Crippen molar-refractivity contribution in [3.8, 4) is 0 Å². The standard InChI is InChI=1S/C26H24N4O5/c31-23-15-30(22-4-2-1-3-21(22)28-23)26(34)18-5-7-20(8-6-18)27-24(32)17-9-12-29(13-10-17)25(33)19-11-14-35-16-19/h1-8,11,14,16-17H,9-10,12-13,15H2,(H,27,32)(H,28,31). The molecule has 0 bridgehead atoms. The van der Waals surface area contributed by atoms with Crippen LogP contribution in [0.5, 0.6) is 0 Å². The fourth-order valence-corrected chi connectivity index (χ4v) is 4.42. The second kappa shape index (κ2) is 9.46. The molecule has 178 valence electrons. The third kappa shape index (κ3) is 4.65. The largest absolute Gasteiger partial charge is 0.472 e. The van der Waals surface area contributed by atoms with Crippen LogP contribution in [0, 0.1) is 5.92 Å². The molecule has 1 saturated heterocycles. The molecule has 35 heavy (non-hydrogen) atoms. The van der Waals surface area contributed by atoms with Gasteiger partial charge in [-0.15, -0.1) is 0 Å². The Labute approximate surface area is 201 Å². The highest BCUT2D eigenvalue weighted by atomic mass is 16.3. The lowest BCUT2D eigenvalue weighted by molar-refractivity contribution is -0.121. The second-order valence-corrected chi connectivity index (χ2v) is 8.60. The Bertz CT molecular complexity index is 1260. The summed E-state index contributed by atoms with van der Waals surface area (Å²) in [6.45, 7) is 0.941. The van der Waals surface area contributed by atoms with Gasteiger partial charge in [-0.25, -0.2) is 0 Å². The molecule has 0 atom stereocenters. The average Bonchev–Trinajstić information content (AvgIpc) is 3.43. The van der Waals surface area contributed by atoms with Crippen molar-refractivity contribution < 1.29 is 23.6 Å². The Morgan fingerprint density at radius 2 is 1.66 bits per heavy atom. The number of nitrogens with one attached hydrogen (secondary N) is 2. The van der Waals surface area contributed by atoms with Gasteiger partial charge in [-0.05, 0) is 55.3 Å². The number of nitrogens with zero attached hydrogens (tertiary/aromatic N) is 2. The Morgan fingerprint density at radius 3 is 2.37 bits per heavy atom. The number of hydrogen-bond donors (Lipinski definition) is 2. The maximum Gasteiger partial charge on any atom is 0.258 e. The monoisotopic (exact) mass is 472 g/mol. The predicted molar refractivity (Wildman–Crippen MR) is 129 cm³/mol. The van der Waals surface area contributed by atoms with Crippen LogP contribution in [0.15, 0.2) is 71.5 Å². The lowest BCUT2D eigenvalue weighted by Gasteiger charge is -2.31. The summed E-state index contributed by atoms with van der Waals surface area (Å²) in [7, 11) is 0. The van der Waals surface area contributed by atoms with E-state index >= 15 is 0 Å². The van der Waals surface area contributed by atoms with E-state index in [-0.39, 0.29) is 36.1 Å². The molecule has 1 aromatic heterocycles. The lowest BCUT2D eigenvalue weighted by Crippen LogP contribution is -2.42. The molecular formula is C26H24N4O5. The first kappa shape index (κ1) is 22.4. The highest BCUT2D eigenvalue weighted by molar-refractivity contribution is 6.15. The fourth-order valence-electron chi connectivity index (χ4n) is 4.42. The zero-order chi connectivity index (χ0) is 24.4. The molecule has 2 aromatic carbocycles. The van der Waals surface area contributed by atoms with Crippen LogP contribution in [0.3, 0.4) is 0 Å². The van der Waals surface area contributed by atoms with Crippen molar-refractivity contribution in [2.45, 2.75) is 12.8 Å². The van der Waals surface area contributed by atoms with Gasteiger partial charge in [-0.2, -0.15) is 0 Å². The van der Waals surface area contributed by atoms with Crippen molar-refractivity contribution in [2.75, 3.05) is 35.2 Å². The number of carbonyl (C=O) groups is 4. The number of benzene rings is 2. The Balaban J connectivity index is 1.19. The van der Waals surface area contributed by atoms with Gasteiger partial charge in [0, 0.05) is 30.3 Å². The maximum atomic E-state index is 13.1. The molecule has 0 radical (unpaired) electrons. The van der Waals surface area contributed by atoms with E-state index in [1.807, 2.05) is 6.07 Å². The van der Waals surface area contributed by atoms with Gasteiger partial charge in [0.05, 0.1) is 23.2 Å². The van der Waals surface area contributed by atoms with E-state index in [2.05, 4.69) is 10.6 Å². The van der Waals surface area contributed by atoms with E-state index < -0.39 is 0 Å². The molecule has 3 aromatic rings. The minimum absolute atomic E-state index is 0.0594. The quantitative estimate of drug-likeness (QED) is 0.605. The summed E-state index contributed by atoms with van der Waals surface area (Å²) in [5, 5.41) is 5.67. The molecule has 5 rings (SSSR count). The molecular weight excluding hydrogens is 448 g/mol. The van der Waals surface area contributed by atoms with Crippen LogP contribution in [0.2, 0.25) is 0 Å². The van der Waals surface area contributed by atoms with Gasteiger partial charge in [-0.1, -0.05) is 12.1 Å². The number of amides is 4. The fraction of sp³-hybridized carbons (Fsp3) is 0.231. The molecule has 0 unspecified atom stereocenters. The summed E-state index contributed by atoms with van der Waals surface area (Å²) in [5.74, 6) is -0.945. The number of likely N-dealkylation sites (tertiary alicyclic amines) is 1. The van der Waals surface area contributed by atoms with Gasteiger partial charge in [0.15, 0.2) is 0 Å². The molecule has 0 saturated carbocycles. The van der Waals surface area contributed by atoms with E-state index in [0.717, 1.165) is 0 Å². The minimum atomic E-state index is -0.292. The van der Waals surface area contributed by atoms with Crippen molar-refractivity contribution in [1.82, 2.24) is 4.90 Å². The van der Waals surface area contributed by atoms with Crippen molar-refractivity contribution in [1.29, 1.82) is 0 Å². The van der Waals surface area contributed by atoms with E-state index in [4.69, 9.17) is 4.42 Å². The Hall–Kier alpha value is -4.40. The number of furan rings is 1. The van der Waals surface area contributed by atoms with Gasteiger partial charge in [-0.3, -0.25) is 24.1 Å². The predicted octanol–water partition coefficient (Wildman–Crippen LogP) is 3.37. The average molecular weight is 473 g/mol. The van der Waals surface area contributed by atoms with Crippen LogP contribution in [-0.2, 0) is 9.59 Å². The number of hydrogen-bond acceptors (Lipinski definition) is 5. The number of piperidine rings is 1. The summed E-state index contributed by atoms with van der Waals surface area (Å²) in [5.41, 5.74) is 2.75. The van der Waals surface area contributed by atoms with Crippen molar-refractivity contribution in [2.24, 2.45) is 5.92 Å². The number of fused-ring (bicyclic) bond motifs is 1. The smallest absolute Gasteiger partial charge is 0.258 e. The SMILES string of the molecule is O=C1CN(C(=O)c2ccc(NC(=O)C3CCN(C(=O)c4ccoc4)CC3)cc2)c2ccccc2N1. The van der Waals surface area contributed by atoms with Crippen molar-refractivity contribution in [3.63, 3.8) is 0 Å². The van der Waals surface area contributed by atoms with Crippen LogP contribution in [0.1, 0.15) is 33.6 Å². The zero-order valence-electron chi connectivity index (χ0n) is 18.9. The summed E-state index contributed by atoms with van der Waals surface area (Å²) in [6, 6.07) is 15.4. The molecule has 2 N–H and O–H groups in total. The Morgan fingerprint density at radius 1 is 0.914 bits per heavy atom. The molecule has 4 amide bonds. The minimum Gasteiger partial charge on any atom is -0.472 e. The Kier molecular flexibility index (Phi) is 6.05. The first-order valence-corrected chi connectivity index (χ1v) is 11.4. The van der Waals surface area contributed by atoms with Crippen LogP contribution in [-0.4, -0.2) is 48.2 Å². The van der Waals surface area contributed by atoms with E-state index in [1.54, 1.807) is 53.4 Å². The molecule has 2 aliphatic heterocycles. The van der Waals surface area contributed by atoms with Crippen molar-refractivity contribution >= 4 is 40.7 Å². The van der Waals surface area contributed by atoms with Gasteiger partial charge in [0.2, 0.25) is 11.8 Å². The highest BCUT2D eigenvalue weighted by Gasteiger charge is 2.29. The number of para-hydroxylation sites is 2. The third-order valence-electron chi connectivity index (χ3n) is 6.34. The normalized spacial score (nSPS) is 15.8. The summed E-state index contributed by atoms with van der Waals surface area (Å²) in [6.07, 6.45) is 4.04. The second-order valence-electron chi connectivity index (χ2n) is 8.60. The highest BCUT2D eigenvalue weighted by Crippen LogP contribution is 2.30. The molecule has 0 aliphatic carbocycles. The maximum absolute atomic E-state index is 13.1. The van der Waals surface area contributed by atoms with E-state index in [1.165, 1.54) is 17.4 Å². The van der Waals surface area contributed by atoms with Gasteiger partial charge in [0.25, 0.3) is 11.8 Å². The summed E-state index contributed by atoms with van der Waals surface area (Å²) >= 11 is 0. The van der Waals surface area contributed by atoms with Crippen LogP contribution >= 0.6 is 0 Å². The number of anilines is 3. The first-order valence-electron chi connectivity index (χ1n) is 11.4. The third-order valence-corrected chi connectivity index (χ3v) is 6.34. The van der Waals surface area contributed by atoms with Gasteiger partial charge in [0.1, 0.15) is 12.8 Å².